The van der Waals surface area contributed by atoms with E-state index in [1.807, 2.05) is 0 Å². The van der Waals surface area contributed by atoms with Crippen molar-refractivity contribution in [2.24, 2.45) is 0 Å². The molecule has 0 atom stereocenters. The Morgan fingerprint density at radius 3 is 0.931 bits per heavy atom. The average Bonchev–Trinajstić information content (AvgIpc) is 2.40. The van der Waals surface area contributed by atoms with Gasteiger partial charge in [-0.3, -0.25) is 0 Å². The minimum Gasteiger partial charge on any atom is 2.00 e. The Kier molecular flexibility index (Phi) is 16.7. The van der Waals surface area contributed by atoms with Crippen LogP contribution in [-0.2, 0) is 20.4 Å². The van der Waals surface area contributed by atoms with Gasteiger partial charge in [0.05, 0.1) is 38.8 Å². The van der Waals surface area contributed by atoms with E-state index in [0.717, 1.165) is 48.8 Å². The summed E-state index contributed by atoms with van der Waals surface area (Å²) in [7, 11) is -11.5. The average molecular weight is 589 g/mol. The molecule has 0 rings (SSSR count). The van der Waals surface area contributed by atoms with Crippen LogP contribution in [0.1, 0.15) is 55.4 Å². The quantitative estimate of drug-likeness (QED) is 0.0992. The maximum atomic E-state index is 9.87. The summed E-state index contributed by atoms with van der Waals surface area (Å²) in [6.45, 7) is 23.2. The summed E-state index contributed by atoms with van der Waals surface area (Å²) in [5, 5.41) is 11.1. The molecule has 0 amide bonds. The number of nitrogens with one attached hydrogen (secondary N) is 3. The molecule has 0 radical (unpaired) electrons. The standard InChI is InChI=1S/C16H39N3P2.F6P.Pd/c1-13(2)20(14(3)4)18-11-9-17-10-12-19-21(15(5)6)16(7)8;1-7(2,3,4,5)6;/h13-19H,9-12H2,1-8H3;;/q;-1;+2/p+2. The molecule has 0 aromatic heterocycles. The van der Waals surface area contributed by atoms with E-state index in [1.54, 1.807) is 0 Å². The molecule has 184 valence electrons. The number of hydrogen-bond acceptors (Lipinski definition) is 3. The summed E-state index contributed by atoms with van der Waals surface area (Å²) in [5.41, 5.74) is 3.22. The monoisotopic (exact) mass is 588 g/mol. The Morgan fingerprint density at radius 2 is 0.759 bits per heavy atom. The number of halogens is 6. The van der Waals surface area contributed by atoms with Crippen molar-refractivity contribution in [1.29, 1.82) is 0 Å². The van der Waals surface area contributed by atoms with Crippen LogP contribution < -0.4 is 15.5 Å². The summed E-state index contributed by atoms with van der Waals surface area (Å²) in [4.78, 5) is 0. The Bertz CT molecular complexity index is 371. The molecule has 0 heterocycles. The molecular weight excluding hydrogens is 548 g/mol. The van der Waals surface area contributed by atoms with Gasteiger partial charge in [0.25, 0.3) is 0 Å². The van der Waals surface area contributed by atoms with Crippen molar-refractivity contribution in [3.63, 3.8) is 0 Å². The number of rotatable bonds is 12. The van der Waals surface area contributed by atoms with Crippen molar-refractivity contribution >= 4 is 24.0 Å². The molecule has 0 unspecified atom stereocenters. The SMILES string of the molecule is CC(C)[PH+](NCCNCCN[PH+](C(C)C)C(C)C)C(C)C.F[P-](F)(F)(F)(F)F.[Pd+2]. The minimum absolute atomic E-state index is 0. The van der Waals surface area contributed by atoms with E-state index in [-0.39, 0.29) is 20.4 Å². The van der Waals surface area contributed by atoms with Gasteiger partial charge in [0, 0.05) is 26.2 Å². The van der Waals surface area contributed by atoms with Gasteiger partial charge in [0.15, 0.2) is 0 Å². The number of hydrogen-bond donors (Lipinski definition) is 3. The van der Waals surface area contributed by atoms with Crippen LogP contribution in [0, 0.1) is 0 Å². The Hall–Kier alpha value is 1.41. The Balaban J connectivity index is -0.000000721. The summed E-state index contributed by atoms with van der Waals surface area (Å²) >= 11 is 0. The molecule has 3 N–H and O–H groups in total. The van der Waals surface area contributed by atoms with E-state index in [4.69, 9.17) is 0 Å². The van der Waals surface area contributed by atoms with Crippen molar-refractivity contribution in [2.45, 2.75) is 78.0 Å². The van der Waals surface area contributed by atoms with E-state index >= 15 is 0 Å². The molecule has 0 bridgehead atoms. The van der Waals surface area contributed by atoms with Gasteiger partial charge in [0.2, 0.25) is 0 Å². The van der Waals surface area contributed by atoms with Crippen LogP contribution in [0.4, 0.5) is 25.2 Å². The van der Waals surface area contributed by atoms with Crippen molar-refractivity contribution in [3.8, 4) is 0 Å². The zero-order valence-corrected chi connectivity index (χ0v) is 23.1. The smallest absolute Gasteiger partial charge is 2.00 e. The Labute approximate surface area is 189 Å². The van der Waals surface area contributed by atoms with E-state index in [0.29, 0.717) is 0 Å². The molecule has 0 aliphatic carbocycles. The van der Waals surface area contributed by atoms with E-state index in [1.165, 1.54) is 0 Å². The fourth-order valence-electron chi connectivity index (χ4n) is 2.87. The molecule has 0 spiro atoms. The third-order valence-electron chi connectivity index (χ3n) is 3.75. The van der Waals surface area contributed by atoms with Crippen molar-refractivity contribution < 1.29 is 45.6 Å². The molecule has 0 aliphatic heterocycles. The van der Waals surface area contributed by atoms with Crippen LogP contribution in [0.3, 0.4) is 0 Å². The first-order valence-corrected chi connectivity index (χ1v) is 15.0. The zero-order chi connectivity index (χ0) is 22.8. The fraction of sp³-hybridized carbons (Fsp3) is 1.00. The predicted molar refractivity (Wildman–Crippen MR) is 120 cm³/mol. The second-order valence-corrected chi connectivity index (χ2v) is 17.2. The van der Waals surface area contributed by atoms with E-state index in [9.17, 15) is 25.2 Å². The largest absolute Gasteiger partial charge is 2.00 e. The normalized spacial score (nSPS) is 14.9. The molecule has 29 heavy (non-hydrogen) atoms. The van der Waals surface area contributed by atoms with Gasteiger partial charge in [-0.05, 0) is 55.4 Å². The second kappa shape index (κ2) is 13.8. The third kappa shape index (κ3) is 29.4. The molecule has 0 aliphatic rings. The maximum Gasteiger partial charge on any atom is 2.00 e. The van der Waals surface area contributed by atoms with Crippen molar-refractivity contribution in [2.75, 3.05) is 26.2 Å². The van der Waals surface area contributed by atoms with Crippen LogP contribution in [0.25, 0.3) is 0 Å². The first-order valence-electron chi connectivity index (χ1n) is 9.70. The molecule has 0 saturated heterocycles. The van der Waals surface area contributed by atoms with Crippen molar-refractivity contribution in [1.82, 2.24) is 15.5 Å². The molecule has 0 aromatic carbocycles. The molecule has 3 nitrogen and oxygen atoms in total. The van der Waals surface area contributed by atoms with Crippen LogP contribution in [-0.4, -0.2) is 48.8 Å². The second-order valence-electron chi connectivity index (χ2n) is 8.09. The summed E-state index contributed by atoms with van der Waals surface area (Å²) in [5.74, 6) is 0. The van der Waals surface area contributed by atoms with Crippen LogP contribution in [0.2, 0.25) is 0 Å². The first-order chi connectivity index (χ1) is 12.2. The fourth-order valence-corrected chi connectivity index (χ4v) is 7.99. The van der Waals surface area contributed by atoms with Gasteiger partial charge in [-0.1, -0.05) is 0 Å². The first kappa shape index (κ1) is 35.0. The Morgan fingerprint density at radius 1 is 0.552 bits per heavy atom. The van der Waals surface area contributed by atoms with Crippen LogP contribution >= 0.6 is 24.0 Å². The maximum absolute atomic E-state index is 10.7. The summed E-state index contributed by atoms with van der Waals surface area (Å²) in [6, 6.07) is 0. The molecule has 0 fully saturated rings. The van der Waals surface area contributed by atoms with Gasteiger partial charge in [-0.2, -0.15) is 10.2 Å². The zero-order valence-electron chi connectivity index (χ0n) is 18.7. The van der Waals surface area contributed by atoms with E-state index in [2.05, 4.69) is 70.9 Å². The summed E-state index contributed by atoms with van der Waals surface area (Å²) in [6.07, 6.45) is 0. The van der Waals surface area contributed by atoms with Gasteiger partial charge in [-0.25, -0.2) is 0 Å². The van der Waals surface area contributed by atoms with Gasteiger partial charge in [0.1, 0.15) is 0 Å². The van der Waals surface area contributed by atoms with Crippen molar-refractivity contribution in [3.05, 3.63) is 0 Å². The third-order valence-corrected chi connectivity index (χ3v) is 10.0. The predicted octanol–water partition coefficient (Wildman–Crippen LogP) is 7.03. The molecule has 13 heteroatoms. The van der Waals surface area contributed by atoms with Gasteiger partial charge in [-0.15, -0.1) is 0 Å². The van der Waals surface area contributed by atoms with E-state index < -0.39 is 24.0 Å². The summed E-state index contributed by atoms with van der Waals surface area (Å²) < 4.78 is 59.2. The van der Waals surface area contributed by atoms with Crippen LogP contribution in [0.5, 0.6) is 0 Å². The topological polar surface area (TPSA) is 36.1 Å². The van der Waals surface area contributed by atoms with Gasteiger partial charge >= 0.3 is 53.4 Å². The van der Waals surface area contributed by atoms with Crippen LogP contribution in [0.15, 0.2) is 0 Å². The molecular formula is C16H41F6N3P3Pd+3. The van der Waals surface area contributed by atoms with Gasteiger partial charge < -0.3 is 5.32 Å². The molecule has 0 saturated carbocycles. The minimum atomic E-state index is -10.7. The molecule has 0 aromatic rings.